The molecule has 0 saturated carbocycles. The molecular weight excluding hydrogens is 293 g/mol. The van der Waals surface area contributed by atoms with Crippen LogP contribution in [0.3, 0.4) is 0 Å². The maximum Gasteiger partial charge on any atom is 0.209 e. The second-order valence-corrected chi connectivity index (χ2v) is 6.79. The summed E-state index contributed by atoms with van der Waals surface area (Å²) in [5.41, 5.74) is 0. The van der Waals surface area contributed by atoms with Gasteiger partial charge in [-0.3, -0.25) is 0 Å². The Kier molecular flexibility index (Phi) is 5.58. The first kappa shape index (κ1) is 16.2. The number of nitrogens with two attached hydrogens (primary N) is 1. The van der Waals surface area contributed by atoms with Crippen molar-refractivity contribution in [2.45, 2.75) is 13.8 Å². The topological polar surface area (TPSA) is 69.4 Å². The number of rotatable bonds is 6. The van der Waals surface area contributed by atoms with Gasteiger partial charge in [-0.05, 0) is 18.1 Å². The van der Waals surface area contributed by atoms with Crippen molar-refractivity contribution >= 4 is 21.6 Å². The van der Waals surface area contributed by atoms with Crippen LogP contribution in [0.2, 0.25) is 5.02 Å². The number of sulfonamides is 1. The van der Waals surface area contributed by atoms with Crippen LogP contribution in [-0.4, -0.2) is 20.8 Å². The standard InChI is InChI=1S/C12H17ClFNO3S/c1-8(2)9(7-19(15,16)17)6-18-10-3-4-12(14)11(13)5-10/h3-5,8-9H,6-7H2,1-2H3,(H2,15,16,17). The Labute approximate surface area is 117 Å². The summed E-state index contributed by atoms with van der Waals surface area (Å²) in [5.74, 6) is -0.432. The van der Waals surface area contributed by atoms with Gasteiger partial charge in [0.25, 0.3) is 0 Å². The summed E-state index contributed by atoms with van der Waals surface area (Å²) in [5, 5.41) is 5.00. The van der Waals surface area contributed by atoms with Crippen LogP contribution in [-0.2, 0) is 10.0 Å². The highest BCUT2D eigenvalue weighted by Gasteiger charge is 2.20. The van der Waals surface area contributed by atoms with Crippen LogP contribution < -0.4 is 9.88 Å². The Morgan fingerprint density at radius 3 is 2.53 bits per heavy atom. The molecule has 0 radical (unpaired) electrons. The van der Waals surface area contributed by atoms with Crippen molar-refractivity contribution in [3.8, 4) is 5.75 Å². The number of hydrogen-bond donors (Lipinski definition) is 1. The van der Waals surface area contributed by atoms with Gasteiger partial charge < -0.3 is 4.74 Å². The molecule has 1 atom stereocenters. The third-order valence-corrected chi connectivity index (χ3v) is 3.93. The number of ether oxygens (including phenoxy) is 1. The zero-order chi connectivity index (χ0) is 14.6. The van der Waals surface area contributed by atoms with E-state index < -0.39 is 15.8 Å². The normalized spacial score (nSPS) is 13.6. The molecule has 2 N–H and O–H groups in total. The molecule has 0 fully saturated rings. The maximum absolute atomic E-state index is 13.0. The molecular formula is C12H17ClFNO3S. The zero-order valence-corrected chi connectivity index (χ0v) is 12.3. The lowest BCUT2D eigenvalue weighted by molar-refractivity contribution is 0.224. The molecule has 1 aromatic rings. The van der Waals surface area contributed by atoms with Crippen molar-refractivity contribution in [2.75, 3.05) is 12.4 Å². The summed E-state index contributed by atoms with van der Waals surface area (Å²) in [6, 6.07) is 3.99. The lowest BCUT2D eigenvalue weighted by Crippen LogP contribution is -2.30. The van der Waals surface area contributed by atoms with Gasteiger partial charge in [-0.15, -0.1) is 0 Å². The summed E-state index contributed by atoms with van der Waals surface area (Å²) in [6.45, 7) is 3.95. The molecule has 0 aromatic heterocycles. The Bertz CT molecular complexity index is 534. The molecule has 0 spiro atoms. The van der Waals surface area contributed by atoms with E-state index in [-0.39, 0.29) is 29.2 Å². The summed E-state index contributed by atoms with van der Waals surface area (Å²) in [6.07, 6.45) is 0. The molecule has 0 bridgehead atoms. The Balaban J connectivity index is 2.68. The van der Waals surface area contributed by atoms with E-state index in [0.29, 0.717) is 5.75 Å². The van der Waals surface area contributed by atoms with Crippen LogP contribution in [0.25, 0.3) is 0 Å². The second kappa shape index (κ2) is 6.54. The van der Waals surface area contributed by atoms with Crippen molar-refractivity contribution in [2.24, 2.45) is 17.0 Å². The van der Waals surface area contributed by atoms with Crippen LogP contribution in [0, 0.1) is 17.7 Å². The summed E-state index contributed by atoms with van der Waals surface area (Å²) in [4.78, 5) is 0. The van der Waals surface area contributed by atoms with Crippen molar-refractivity contribution in [1.29, 1.82) is 0 Å². The van der Waals surface area contributed by atoms with E-state index >= 15 is 0 Å². The van der Waals surface area contributed by atoms with Gasteiger partial charge in [-0.25, -0.2) is 17.9 Å². The van der Waals surface area contributed by atoms with Crippen molar-refractivity contribution in [1.82, 2.24) is 0 Å². The van der Waals surface area contributed by atoms with Gasteiger partial charge in [0.2, 0.25) is 10.0 Å². The third kappa shape index (κ3) is 5.76. The molecule has 1 unspecified atom stereocenters. The lowest BCUT2D eigenvalue weighted by atomic mass is 9.99. The molecule has 19 heavy (non-hydrogen) atoms. The molecule has 0 heterocycles. The lowest BCUT2D eigenvalue weighted by Gasteiger charge is -2.20. The van der Waals surface area contributed by atoms with E-state index in [2.05, 4.69) is 0 Å². The van der Waals surface area contributed by atoms with E-state index in [4.69, 9.17) is 21.5 Å². The van der Waals surface area contributed by atoms with E-state index in [0.717, 1.165) is 0 Å². The third-order valence-electron chi connectivity index (χ3n) is 2.74. The largest absolute Gasteiger partial charge is 0.493 e. The second-order valence-electron chi connectivity index (χ2n) is 4.72. The molecule has 7 heteroatoms. The first-order valence-electron chi connectivity index (χ1n) is 5.77. The highest BCUT2D eigenvalue weighted by Crippen LogP contribution is 2.22. The smallest absolute Gasteiger partial charge is 0.209 e. The molecule has 0 aliphatic carbocycles. The Hall–Kier alpha value is -0.850. The number of primary sulfonamides is 1. The van der Waals surface area contributed by atoms with Crippen LogP contribution in [0.1, 0.15) is 13.8 Å². The van der Waals surface area contributed by atoms with Crippen molar-refractivity contribution in [3.05, 3.63) is 29.0 Å². The van der Waals surface area contributed by atoms with E-state index in [9.17, 15) is 12.8 Å². The van der Waals surface area contributed by atoms with Crippen LogP contribution >= 0.6 is 11.6 Å². The fourth-order valence-corrected chi connectivity index (χ4v) is 2.75. The Morgan fingerprint density at radius 1 is 1.42 bits per heavy atom. The molecule has 0 amide bonds. The minimum atomic E-state index is -3.55. The monoisotopic (exact) mass is 309 g/mol. The minimum Gasteiger partial charge on any atom is -0.493 e. The SMILES string of the molecule is CC(C)C(COc1ccc(F)c(Cl)c1)CS(N)(=O)=O. The van der Waals surface area contributed by atoms with Gasteiger partial charge in [0.05, 0.1) is 17.4 Å². The van der Waals surface area contributed by atoms with E-state index in [1.54, 1.807) is 0 Å². The maximum atomic E-state index is 13.0. The van der Waals surface area contributed by atoms with E-state index in [1.165, 1.54) is 18.2 Å². The van der Waals surface area contributed by atoms with Crippen LogP contribution in [0.5, 0.6) is 5.75 Å². The van der Waals surface area contributed by atoms with E-state index in [1.807, 2.05) is 13.8 Å². The molecule has 0 saturated heterocycles. The minimum absolute atomic E-state index is 0.0370. The predicted molar refractivity (Wildman–Crippen MR) is 73.2 cm³/mol. The van der Waals surface area contributed by atoms with Crippen molar-refractivity contribution in [3.63, 3.8) is 0 Å². The number of hydrogen-bond acceptors (Lipinski definition) is 3. The fraction of sp³-hybridized carbons (Fsp3) is 0.500. The summed E-state index contributed by atoms with van der Waals surface area (Å²) in [7, 11) is -3.55. The first-order chi connectivity index (χ1) is 8.69. The quantitative estimate of drug-likeness (QED) is 0.877. The van der Waals surface area contributed by atoms with Crippen molar-refractivity contribution < 1.29 is 17.5 Å². The van der Waals surface area contributed by atoms with Gasteiger partial charge in [-0.2, -0.15) is 0 Å². The Morgan fingerprint density at radius 2 is 2.05 bits per heavy atom. The summed E-state index contributed by atoms with van der Waals surface area (Å²) < 4.78 is 40.6. The molecule has 4 nitrogen and oxygen atoms in total. The van der Waals surface area contributed by atoms with Gasteiger partial charge in [0, 0.05) is 12.0 Å². The van der Waals surface area contributed by atoms with Crippen LogP contribution in [0.15, 0.2) is 18.2 Å². The highest BCUT2D eigenvalue weighted by molar-refractivity contribution is 7.89. The predicted octanol–water partition coefficient (Wildman–Crippen LogP) is 2.42. The molecule has 1 rings (SSSR count). The first-order valence-corrected chi connectivity index (χ1v) is 7.86. The summed E-state index contributed by atoms with van der Waals surface area (Å²) >= 11 is 5.63. The molecule has 0 aliphatic rings. The fourth-order valence-electron chi connectivity index (χ4n) is 1.50. The molecule has 0 aliphatic heterocycles. The zero-order valence-electron chi connectivity index (χ0n) is 10.8. The number of halogens is 2. The van der Waals surface area contributed by atoms with Crippen LogP contribution in [0.4, 0.5) is 4.39 Å². The number of benzene rings is 1. The highest BCUT2D eigenvalue weighted by atomic mass is 35.5. The van der Waals surface area contributed by atoms with Gasteiger partial charge in [0.1, 0.15) is 11.6 Å². The van der Waals surface area contributed by atoms with Gasteiger partial charge >= 0.3 is 0 Å². The average molecular weight is 310 g/mol. The average Bonchev–Trinajstić information content (AvgIpc) is 2.27. The molecule has 108 valence electrons. The van der Waals surface area contributed by atoms with Gasteiger partial charge in [0.15, 0.2) is 0 Å². The van der Waals surface area contributed by atoms with Gasteiger partial charge in [-0.1, -0.05) is 25.4 Å². The molecule has 1 aromatic carbocycles.